The number of hydrogen-bond acceptors (Lipinski definition) is 6. The third-order valence-corrected chi connectivity index (χ3v) is 3.89. The molecule has 0 aliphatic rings. The summed E-state index contributed by atoms with van der Waals surface area (Å²) in [5.41, 5.74) is 0.383. The zero-order valence-electron chi connectivity index (χ0n) is 14.3. The van der Waals surface area contributed by atoms with Crippen molar-refractivity contribution in [3.63, 3.8) is 0 Å². The number of carbonyl (C=O) groups excluding carboxylic acids is 1. The van der Waals surface area contributed by atoms with Gasteiger partial charge in [0.2, 0.25) is 5.75 Å². The Kier molecular flexibility index (Phi) is 6.19. The third-order valence-electron chi connectivity index (χ3n) is 3.58. The van der Waals surface area contributed by atoms with E-state index in [0.717, 1.165) is 0 Å². The van der Waals surface area contributed by atoms with Gasteiger partial charge in [-0.2, -0.15) is 0 Å². The van der Waals surface area contributed by atoms with Crippen LogP contribution in [0.3, 0.4) is 0 Å². The van der Waals surface area contributed by atoms with E-state index in [9.17, 15) is 14.9 Å². The predicted molar refractivity (Wildman–Crippen MR) is 97.6 cm³/mol. The quantitative estimate of drug-likeness (QED) is 0.311. The van der Waals surface area contributed by atoms with Crippen LogP contribution in [-0.4, -0.2) is 32.0 Å². The normalized spacial score (nSPS) is 10.6. The minimum atomic E-state index is -0.630. The van der Waals surface area contributed by atoms with E-state index < -0.39 is 4.92 Å². The number of carbonyl (C=O) groups is 1. The monoisotopic (exact) mass is 377 g/mol. The Balaban J connectivity index is 2.37. The van der Waals surface area contributed by atoms with Crippen LogP contribution in [0.5, 0.6) is 17.2 Å². The minimum Gasteiger partial charge on any atom is -0.493 e. The van der Waals surface area contributed by atoms with Gasteiger partial charge >= 0.3 is 5.69 Å². The number of methoxy groups -OCH3 is 3. The highest BCUT2D eigenvalue weighted by molar-refractivity contribution is 6.33. The van der Waals surface area contributed by atoms with Crippen molar-refractivity contribution in [2.75, 3.05) is 21.3 Å². The SMILES string of the molecule is COc1ccc(C(=O)/C=C/c2ccc(Cl)c([N+](=O)[O-])c2OC)cc1OC. The molecule has 0 aromatic heterocycles. The molecule has 0 fully saturated rings. The second-order valence-corrected chi connectivity index (χ2v) is 5.45. The molecule has 0 bridgehead atoms. The summed E-state index contributed by atoms with van der Waals surface area (Å²) >= 11 is 5.86. The number of benzene rings is 2. The Morgan fingerprint density at radius 3 is 2.35 bits per heavy atom. The Bertz CT molecular complexity index is 878. The van der Waals surface area contributed by atoms with Gasteiger partial charge in [0.05, 0.1) is 26.3 Å². The molecule has 2 aromatic rings. The summed E-state index contributed by atoms with van der Waals surface area (Å²) in [4.78, 5) is 22.9. The van der Waals surface area contributed by atoms with Crippen molar-refractivity contribution in [1.29, 1.82) is 0 Å². The molecule has 0 saturated carbocycles. The molecule has 0 spiro atoms. The molecule has 8 heteroatoms. The topological polar surface area (TPSA) is 87.9 Å². The number of ether oxygens (including phenoxy) is 3. The lowest BCUT2D eigenvalue weighted by molar-refractivity contribution is -0.385. The van der Waals surface area contributed by atoms with Gasteiger partial charge in [-0.3, -0.25) is 14.9 Å². The molecule has 0 aliphatic carbocycles. The molecule has 2 rings (SSSR count). The molecule has 136 valence electrons. The fourth-order valence-corrected chi connectivity index (χ4v) is 2.55. The molecule has 0 unspecified atom stereocenters. The lowest BCUT2D eigenvalue weighted by Crippen LogP contribution is -1.99. The van der Waals surface area contributed by atoms with Crippen LogP contribution >= 0.6 is 11.6 Å². The maximum atomic E-state index is 12.4. The van der Waals surface area contributed by atoms with Crippen molar-refractivity contribution in [3.8, 4) is 17.2 Å². The van der Waals surface area contributed by atoms with Gasteiger partial charge in [-0.15, -0.1) is 0 Å². The number of ketones is 1. The lowest BCUT2D eigenvalue weighted by atomic mass is 10.1. The summed E-state index contributed by atoms with van der Waals surface area (Å²) in [7, 11) is 4.27. The Hall–Kier alpha value is -3.06. The van der Waals surface area contributed by atoms with Gasteiger partial charge in [0.1, 0.15) is 5.02 Å². The zero-order chi connectivity index (χ0) is 19.3. The van der Waals surface area contributed by atoms with Crippen molar-refractivity contribution in [2.45, 2.75) is 0 Å². The number of halogens is 1. The average molecular weight is 378 g/mol. The van der Waals surface area contributed by atoms with Gasteiger partial charge < -0.3 is 14.2 Å². The molecular formula is C18H16ClNO6. The number of allylic oxidation sites excluding steroid dienone is 1. The van der Waals surface area contributed by atoms with E-state index in [4.69, 9.17) is 25.8 Å². The molecule has 2 aromatic carbocycles. The Labute approximate surface area is 154 Å². The van der Waals surface area contributed by atoms with Crippen LogP contribution in [0.2, 0.25) is 5.02 Å². The van der Waals surface area contributed by atoms with Crippen molar-refractivity contribution in [3.05, 3.63) is 62.7 Å². The van der Waals surface area contributed by atoms with Gasteiger partial charge in [-0.05, 0) is 42.5 Å². The van der Waals surface area contributed by atoms with Gasteiger partial charge in [0, 0.05) is 11.1 Å². The summed E-state index contributed by atoms with van der Waals surface area (Å²) in [5.74, 6) is 0.596. The smallest absolute Gasteiger partial charge is 0.329 e. The first-order valence-electron chi connectivity index (χ1n) is 7.38. The first-order valence-corrected chi connectivity index (χ1v) is 7.76. The number of nitro groups is 1. The molecule has 0 radical (unpaired) electrons. The molecule has 0 N–H and O–H groups in total. The summed E-state index contributed by atoms with van der Waals surface area (Å²) in [5, 5.41) is 11.1. The zero-order valence-corrected chi connectivity index (χ0v) is 15.1. The molecule has 0 amide bonds. The molecule has 7 nitrogen and oxygen atoms in total. The third kappa shape index (κ3) is 3.94. The van der Waals surface area contributed by atoms with E-state index in [0.29, 0.717) is 22.6 Å². The number of rotatable bonds is 7. The summed E-state index contributed by atoms with van der Waals surface area (Å²) in [6.07, 6.45) is 2.72. The van der Waals surface area contributed by atoms with E-state index in [1.54, 1.807) is 18.2 Å². The summed E-state index contributed by atoms with van der Waals surface area (Å²) < 4.78 is 15.4. The van der Waals surface area contributed by atoms with Crippen LogP contribution < -0.4 is 14.2 Å². The van der Waals surface area contributed by atoms with Crippen molar-refractivity contribution >= 4 is 29.1 Å². The van der Waals surface area contributed by atoms with Crippen molar-refractivity contribution in [2.24, 2.45) is 0 Å². The molecule has 0 saturated heterocycles. The molecule has 26 heavy (non-hydrogen) atoms. The second-order valence-electron chi connectivity index (χ2n) is 5.04. The maximum absolute atomic E-state index is 12.4. The van der Waals surface area contributed by atoms with Gasteiger partial charge in [-0.1, -0.05) is 11.6 Å². The van der Waals surface area contributed by atoms with E-state index in [-0.39, 0.29) is 22.2 Å². The lowest BCUT2D eigenvalue weighted by Gasteiger charge is -2.08. The van der Waals surface area contributed by atoms with Gasteiger partial charge in [0.15, 0.2) is 17.3 Å². The van der Waals surface area contributed by atoms with Crippen molar-refractivity contribution < 1.29 is 23.9 Å². The standard InChI is InChI=1S/C18H16ClNO6/c1-24-15-9-6-12(10-16(15)25-2)14(21)8-5-11-4-7-13(19)17(20(22)23)18(11)26-3/h4-10H,1-3H3/b8-5+. The Morgan fingerprint density at radius 2 is 1.77 bits per heavy atom. The highest BCUT2D eigenvalue weighted by Crippen LogP contribution is 2.38. The van der Waals surface area contributed by atoms with Crippen LogP contribution in [0.25, 0.3) is 6.08 Å². The first kappa shape index (κ1) is 19.3. The first-order chi connectivity index (χ1) is 12.4. The average Bonchev–Trinajstić information content (AvgIpc) is 2.65. The van der Waals surface area contributed by atoms with E-state index in [2.05, 4.69) is 0 Å². The van der Waals surface area contributed by atoms with Crippen LogP contribution in [0.15, 0.2) is 36.4 Å². The number of hydrogen-bond donors (Lipinski definition) is 0. The van der Waals surface area contributed by atoms with Crippen LogP contribution in [0.1, 0.15) is 15.9 Å². The number of nitro benzene ring substituents is 1. The van der Waals surface area contributed by atoms with Gasteiger partial charge in [0.25, 0.3) is 0 Å². The summed E-state index contributed by atoms with van der Waals surface area (Å²) in [6.45, 7) is 0. The van der Waals surface area contributed by atoms with E-state index >= 15 is 0 Å². The maximum Gasteiger partial charge on any atom is 0.329 e. The van der Waals surface area contributed by atoms with Crippen LogP contribution in [-0.2, 0) is 0 Å². The minimum absolute atomic E-state index is 0.0149. The summed E-state index contributed by atoms with van der Waals surface area (Å²) in [6, 6.07) is 7.67. The number of nitrogens with zero attached hydrogens (tertiary/aromatic N) is 1. The fraction of sp³-hybridized carbons (Fsp3) is 0.167. The fourth-order valence-electron chi connectivity index (χ4n) is 2.33. The largest absolute Gasteiger partial charge is 0.493 e. The molecule has 0 atom stereocenters. The van der Waals surface area contributed by atoms with E-state index in [1.165, 1.54) is 45.6 Å². The molecule has 0 heterocycles. The molecular weight excluding hydrogens is 362 g/mol. The van der Waals surface area contributed by atoms with Gasteiger partial charge in [-0.25, -0.2) is 0 Å². The molecule has 0 aliphatic heterocycles. The highest BCUT2D eigenvalue weighted by atomic mass is 35.5. The Morgan fingerprint density at radius 1 is 1.08 bits per heavy atom. The van der Waals surface area contributed by atoms with E-state index in [1.807, 2.05) is 0 Å². The van der Waals surface area contributed by atoms with Crippen LogP contribution in [0.4, 0.5) is 5.69 Å². The second kappa shape index (κ2) is 8.35. The highest BCUT2D eigenvalue weighted by Gasteiger charge is 2.22. The van der Waals surface area contributed by atoms with Crippen molar-refractivity contribution in [1.82, 2.24) is 0 Å². The predicted octanol–water partition coefficient (Wildman–Crippen LogP) is 4.17. The van der Waals surface area contributed by atoms with Crippen LogP contribution in [0, 0.1) is 10.1 Å².